The second-order valence-electron chi connectivity index (χ2n) is 3.25. The Morgan fingerprint density at radius 2 is 2.07 bits per heavy atom. The summed E-state index contributed by atoms with van der Waals surface area (Å²) in [6, 6.07) is 0. The molecule has 1 atom stereocenters. The standard InChI is InChI=1S/C8H18ClNO3S/c1-8(11)4-2-6-10-14(12,13)7-3-5-9/h8,10-11H,2-7H2,1H3. The molecule has 0 aromatic heterocycles. The molecule has 4 nitrogen and oxygen atoms in total. The van der Waals surface area contributed by atoms with Crippen LogP contribution < -0.4 is 4.72 Å². The van der Waals surface area contributed by atoms with Crippen molar-refractivity contribution in [1.29, 1.82) is 0 Å². The number of hydrogen-bond acceptors (Lipinski definition) is 3. The van der Waals surface area contributed by atoms with Crippen LogP contribution in [0.3, 0.4) is 0 Å². The Morgan fingerprint density at radius 3 is 2.57 bits per heavy atom. The number of sulfonamides is 1. The Morgan fingerprint density at radius 1 is 1.43 bits per heavy atom. The van der Waals surface area contributed by atoms with Crippen molar-refractivity contribution >= 4 is 21.6 Å². The molecule has 6 heteroatoms. The van der Waals surface area contributed by atoms with E-state index in [4.69, 9.17) is 16.7 Å². The summed E-state index contributed by atoms with van der Waals surface area (Å²) in [7, 11) is -3.16. The van der Waals surface area contributed by atoms with Gasteiger partial charge in [0.05, 0.1) is 11.9 Å². The fourth-order valence-electron chi connectivity index (χ4n) is 0.942. The fourth-order valence-corrected chi connectivity index (χ4v) is 2.36. The minimum Gasteiger partial charge on any atom is -0.393 e. The van der Waals surface area contributed by atoms with E-state index >= 15 is 0 Å². The molecule has 1 unspecified atom stereocenters. The van der Waals surface area contributed by atoms with Crippen LogP contribution in [-0.4, -0.2) is 37.8 Å². The lowest BCUT2D eigenvalue weighted by molar-refractivity contribution is 0.182. The van der Waals surface area contributed by atoms with Crippen LogP contribution in [0.5, 0.6) is 0 Å². The van der Waals surface area contributed by atoms with Crippen molar-refractivity contribution < 1.29 is 13.5 Å². The zero-order chi connectivity index (χ0) is 11.0. The first-order valence-electron chi connectivity index (χ1n) is 4.69. The summed E-state index contributed by atoms with van der Waals surface area (Å²) in [6.45, 7) is 2.07. The normalized spacial score (nSPS) is 14.2. The van der Waals surface area contributed by atoms with E-state index < -0.39 is 10.0 Å². The van der Waals surface area contributed by atoms with Crippen LogP contribution >= 0.6 is 11.6 Å². The van der Waals surface area contributed by atoms with Gasteiger partial charge in [0.2, 0.25) is 10.0 Å². The number of alkyl halides is 1. The molecule has 0 aliphatic rings. The third-order valence-electron chi connectivity index (χ3n) is 1.67. The van der Waals surface area contributed by atoms with E-state index in [1.807, 2.05) is 0 Å². The Hall–Kier alpha value is 0.160. The van der Waals surface area contributed by atoms with Gasteiger partial charge in [0.15, 0.2) is 0 Å². The van der Waals surface area contributed by atoms with Crippen LogP contribution in [0.25, 0.3) is 0 Å². The lowest BCUT2D eigenvalue weighted by atomic mass is 10.2. The lowest BCUT2D eigenvalue weighted by Gasteiger charge is -2.06. The largest absolute Gasteiger partial charge is 0.393 e. The van der Waals surface area contributed by atoms with Crippen molar-refractivity contribution in [3.63, 3.8) is 0 Å². The molecule has 0 aromatic carbocycles. The predicted molar refractivity (Wildman–Crippen MR) is 58.0 cm³/mol. The molecule has 0 radical (unpaired) electrons. The van der Waals surface area contributed by atoms with Crippen LogP contribution in [0, 0.1) is 0 Å². The van der Waals surface area contributed by atoms with Gasteiger partial charge in [-0.3, -0.25) is 0 Å². The van der Waals surface area contributed by atoms with E-state index in [0.717, 1.165) is 0 Å². The van der Waals surface area contributed by atoms with Crippen molar-refractivity contribution in [2.45, 2.75) is 32.3 Å². The zero-order valence-corrected chi connectivity index (χ0v) is 9.94. The van der Waals surface area contributed by atoms with E-state index in [0.29, 0.717) is 31.7 Å². The van der Waals surface area contributed by atoms with Crippen LogP contribution in [-0.2, 0) is 10.0 Å². The number of halogens is 1. The van der Waals surface area contributed by atoms with Crippen LogP contribution in [0.15, 0.2) is 0 Å². The zero-order valence-electron chi connectivity index (χ0n) is 8.37. The summed E-state index contributed by atoms with van der Waals surface area (Å²) in [4.78, 5) is 0. The first-order chi connectivity index (χ1) is 6.48. The highest BCUT2D eigenvalue weighted by molar-refractivity contribution is 7.89. The Bertz CT molecular complexity index is 229. The van der Waals surface area contributed by atoms with Gasteiger partial charge in [0.1, 0.15) is 0 Å². The number of aliphatic hydroxyl groups is 1. The molecule has 0 rings (SSSR count). The molecule has 0 aliphatic heterocycles. The fraction of sp³-hybridized carbons (Fsp3) is 1.00. The molecule has 0 aromatic rings. The van der Waals surface area contributed by atoms with Crippen LogP contribution in [0.4, 0.5) is 0 Å². The van der Waals surface area contributed by atoms with E-state index in [9.17, 15) is 8.42 Å². The number of hydrogen-bond donors (Lipinski definition) is 2. The summed E-state index contributed by atoms with van der Waals surface area (Å²) in [5.41, 5.74) is 0. The van der Waals surface area contributed by atoms with E-state index in [1.54, 1.807) is 6.92 Å². The van der Waals surface area contributed by atoms with Gasteiger partial charge in [-0.2, -0.15) is 0 Å². The highest BCUT2D eigenvalue weighted by atomic mass is 35.5. The van der Waals surface area contributed by atoms with Gasteiger partial charge in [0.25, 0.3) is 0 Å². The molecule has 0 aliphatic carbocycles. The van der Waals surface area contributed by atoms with Gasteiger partial charge in [-0.15, -0.1) is 11.6 Å². The molecular formula is C8H18ClNO3S. The molecule has 0 spiro atoms. The van der Waals surface area contributed by atoms with Gasteiger partial charge in [-0.05, 0) is 26.2 Å². The maximum absolute atomic E-state index is 11.2. The summed E-state index contributed by atoms with van der Waals surface area (Å²) < 4.78 is 24.9. The molecule has 0 heterocycles. The van der Waals surface area contributed by atoms with Crippen molar-refractivity contribution in [3.8, 4) is 0 Å². The number of rotatable bonds is 8. The van der Waals surface area contributed by atoms with E-state index in [1.165, 1.54) is 0 Å². The van der Waals surface area contributed by atoms with Crippen molar-refractivity contribution in [2.75, 3.05) is 18.2 Å². The second kappa shape index (κ2) is 7.45. The molecule has 14 heavy (non-hydrogen) atoms. The Kier molecular flexibility index (Phi) is 7.54. The first kappa shape index (κ1) is 14.2. The number of nitrogens with one attached hydrogen (secondary N) is 1. The summed E-state index contributed by atoms with van der Waals surface area (Å²) >= 11 is 5.39. The van der Waals surface area contributed by atoms with Gasteiger partial charge < -0.3 is 5.11 Å². The first-order valence-corrected chi connectivity index (χ1v) is 6.88. The molecule has 2 N–H and O–H groups in total. The quantitative estimate of drug-likeness (QED) is 0.487. The summed E-state index contributed by atoms with van der Waals surface area (Å²) in [6.07, 6.45) is 1.35. The molecule has 86 valence electrons. The second-order valence-corrected chi connectivity index (χ2v) is 5.55. The third kappa shape index (κ3) is 8.74. The molecule has 0 saturated heterocycles. The summed E-state index contributed by atoms with van der Waals surface area (Å²) in [5.74, 6) is 0.430. The molecular weight excluding hydrogens is 226 g/mol. The maximum atomic E-state index is 11.2. The third-order valence-corrected chi connectivity index (χ3v) is 3.40. The van der Waals surface area contributed by atoms with Gasteiger partial charge >= 0.3 is 0 Å². The monoisotopic (exact) mass is 243 g/mol. The van der Waals surface area contributed by atoms with Crippen molar-refractivity contribution in [3.05, 3.63) is 0 Å². The van der Waals surface area contributed by atoms with Gasteiger partial charge in [-0.25, -0.2) is 13.1 Å². The molecule has 0 fully saturated rings. The lowest BCUT2D eigenvalue weighted by Crippen LogP contribution is -2.28. The average Bonchev–Trinajstić information content (AvgIpc) is 2.09. The van der Waals surface area contributed by atoms with Gasteiger partial charge in [0, 0.05) is 12.4 Å². The minimum absolute atomic E-state index is 0.0746. The summed E-state index contributed by atoms with van der Waals surface area (Å²) in [5, 5.41) is 8.93. The molecule has 0 saturated carbocycles. The molecule has 0 bridgehead atoms. The van der Waals surface area contributed by atoms with Gasteiger partial charge in [-0.1, -0.05) is 0 Å². The maximum Gasteiger partial charge on any atom is 0.211 e. The van der Waals surface area contributed by atoms with E-state index in [2.05, 4.69) is 4.72 Å². The average molecular weight is 244 g/mol. The van der Waals surface area contributed by atoms with Crippen LogP contribution in [0.1, 0.15) is 26.2 Å². The highest BCUT2D eigenvalue weighted by Gasteiger charge is 2.08. The van der Waals surface area contributed by atoms with Crippen molar-refractivity contribution in [2.24, 2.45) is 0 Å². The number of aliphatic hydroxyl groups excluding tert-OH is 1. The topological polar surface area (TPSA) is 66.4 Å². The highest BCUT2D eigenvalue weighted by Crippen LogP contribution is 1.96. The minimum atomic E-state index is -3.16. The van der Waals surface area contributed by atoms with E-state index in [-0.39, 0.29) is 11.9 Å². The molecule has 0 amide bonds. The predicted octanol–water partition coefficient (Wildman–Crippen LogP) is 0.696. The van der Waals surface area contributed by atoms with Crippen LogP contribution in [0.2, 0.25) is 0 Å². The smallest absolute Gasteiger partial charge is 0.211 e. The Labute approximate surface area is 90.7 Å². The Balaban J connectivity index is 3.56. The SMILES string of the molecule is CC(O)CCCNS(=O)(=O)CCCCl. The van der Waals surface area contributed by atoms with Crippen molar-refractivity contribution in [1.82, 2.24) is 4.72 Å².